The topological polar surface area (TPSA) is 81.3 Å². The summed E-state index contributed by atoms with van der Waals surface area (Å²) in [6, 6.07) is 11.1. The van der Waals surface area contributed by atoms with Crippen LogP contribution in [0.1, 0.15) is 27.7 Å². The third-order valence-corrected chi connectivity index (χ3v) is 5.23. The first-order chi connectivity index (χ1) is 15.5. The van der Waals surface area contributed by atoms with Gasteiger partial charge in [-0.1, -0.05) is 29.8 Å². The molecule has 0 atom stereocenters. The fourth-order valence-corrected chi connectivity index (χ4v) is 3.74. The van der Waals surface area contributed by atoms with Crippen molar-refractivity contribution in [3.05, 3.63) is 98.7 Å². The number of hydrogen-bond acceptors (Lipinski definition) is 3. The van der Waals surface area contributed by atoms with Crippen molar-refractivity contribution in [1.29, 1.82) is 0 Å². The molecule has 0 bridgehead atoms. The molecule has 1 aromatic heterocycles. The summed E-state index contributed by atoms with van der Waals surface area (Å²) in [4.78, 5) is 37.6. The van der Waals surface area contributed by atoms with Gasteiger partial charge >= 0.3 is 47.4 Å². The van der Waals surface area contributed by atoms with Gasteiger partial charge in [-0.2, -0.15) is 13.2 Å². The van der Waals surface area contributed by atoms with Crippen LogP contribution in [0, 0.1) is 5.82 Å². The molecule has 0 fully saturated rings. The summed E-state index contributed by atoms with van der Waals surface area (Å²) in [5.41, 5.74) is -4.27. The largest absolute Gasteiger partial charge is 1.00 e. The van der Waals surface area contributed by atoms with Crippen LogP contribution in [-0.4, -0.2) is 26.1 Å². The van der Waals surface area contributed by atoms with Gasteiger partial charge in [0.15, 0.2) is 0 Å². The van der Waals surface area contributed by atoms with E-state index in [1.54, 1.807) is 0 Å². The van der Waals surface area contributed by atoms with Gasteiger partial charge in [-0.3, -0.25) is 9.36 Å². The normalized spacial score (nSPS) is 11.3. The van der Waals surface area contributed by atoms with Crippen molar-refractivity contribution < 1.29 is 63.2 Å². The molecule has 6 nitrogen and oxygen atoms in total. The third kappa shape index (κ3) is 4.29. The number of carbonyl (C=O) groups excluding carboxylic acids is 1. The van der Waals surface area contributed by atoms with Crippen LogP contribution in [0.15, 0.2) is 65.5 Å². The first kappa shape index (κ1) is 25.7. The molecule has 0 saturated heterocycles. The molecule has 0 aliphatic heterocycles. The van der Waals surface area contributed by atoms with E-state index in [2.05, 4.69) is 0 Å². The number of rotatable bonds is 3. The molecule has 0 amide bonds. The molecular weight excluding hydrogens is 491 g/mol. The Morgan fingerprint density at radius 1 is 0.971 bits per heavy atom. The van der Waals surface area contributed by atoms with E-state index in [9.17, 15) is 31.9 Å². The van der Waals surface area contributed by atoms with E-state index >= 15 is 0 Å². The minimum Gasteiger partial charge on any atom is -1.00 e. The maximum Gasteiger partial charge on any atom is 1.00 e. The van der Waals surface area contributed by atoms with Gasteiger partial charge in [-0.05, 0) is 42.5 Å². The maximum atomic E-state index is 14.7. The van der Waals surface area contributed by atoms with E-state index in [0.717, 1.165) is 28.8 Å². The average molecular weight is 503 g/mol. The van der Waals surface area contributed by atoms with Crippen molar-refractivity contribution in [3.8, 4) is 5.69 Å². The van der Waals surface area contributed by atoms with Crippen LogP contribution in [0.4, 0.5) is 17.6 Å². The Balaban J connectivity index is 0.00000216. The van der Waals surface area contributed by atoms with Gasteiger partial charge in [0.1, 0.15) is 5.82 Å². The van der Waals surface area contributed by atoms with Gasteiger partial charge in [0, 0.05) is 0 Å². The van der Waals surface area contributed by atoms with E-state index in [1.165, 1.54) is 24.3 Å². The number of aromatic nitrogens is 2. The molecule has 0 spiro atoms. The number of aromatic carboxylic acids is 1. The number of para-hydroxylation sites is 2. The molecule has 1 heterocycles. The molecule has 34 heavy (non-hydrogen) atoms. The van der Waals surface area contributed by atoms with Crippen LogP contribution in [0.3, 0.4) is 0 Å². The van der Waals surface area contributed by atoms with Crippen molar-refractivity contribution >= 4 is 34.5 Å². The number of halogens is 5. The molecule has 170 valence electrons. The first-order valence-electron chi connectivity index (χ1n) is 9.18. The summed E-state index contributed by atoms with van der Waals surface area (Å²) in [5.74, 6) is -3.83. The molecular formula is C22H12ClF4N2NaO4. The number of nitrogens with zero attached hydrogens (tertiary/aromatic N) is 2. The van der Waals surface area contributed by atoms with Crippen molar-refractivity contribution in [2.45, 2.75) is 6.18 Å². The minimum atomic E-state index is -4.93. The minimum absolute atomic E-state index is 0. The van der Waals surface area contributed by atoms with Crippen LogP contribution in [-0.2, 0) is 6.18 Å². The molecule has 0 aliphatic carbocycles. The number of benzene rings is 3. The van der Waals surface area contributed by atoms with Crippen molar-refractivity contribution in [2.24, 2.45) is 0 Å². The molecule has 12 heteroatoms. The molecule has 0 radical (unpaired) electrons. The SMILES string of the molecule is O=C(O)c1ccc(-n2c(=O)n(C(=O)c3c(Cl)cccc3C(F)(F)F)c3ccccc32)c(F)c1.[H-].[Na+]. The second kappa shape index (κ2) is 9.38. The van der Waals surface area contributed by atoms with Crippen molar-refractivity contribution in [3.63, 3.8) is 0 Å². The van der Waals surface area contributed by atoms with Crippen LogP contribution in [0.25, 0.3) is 16.7 Å². The summed E-state index contributed by atoms with van der Waals surface area (Å²) < 4.78 is 56.6. The van der Waals surface area contributed by atoms with Gasteiger partial charge in [0.25, 0.3) is 5.91 Å². The zero-order valence-electron chi connectivity index (χ0n) is 18.2. The number of carbonyl (C=O) groups is 2. The van der Waals surface area contributed by atoms with Crippen molar-refractivity contribution in [1.82, 2.24) is 9.13 Å². The van der Waals surface area contributed by atoms with Gasteiger partial charge in [-0.25, -0.2) is 18.5 Å². The molecule has 0 aliphatic rings. The van der Waals surface area contributed by atoms with Crippen LogP contribution >= 0.6 is 11.6 Å². The second-order valence-electron chi connectivity index (χ2n) is 6.88. The summed E-state index contributed by atoms with van der Waals surface area (Å²) in [7, 11) is 0. The van der Waals surface area contributed by atoms with Crippen molar-refractivity contribution in [2.75, 3.05) is 0 Å². The van der Waals surface area contributed by atoms with Crippen LogP contribution in [0.2, 0.25) is 5.02 Å². The fraction of sp³-hybridized carbons (Fsp3) is 0.0455. The average Bonchev–Trinajstić information content (AvgIpc) is 3.04. The number of alkyl halides is 3. The monoisotopic (exact) mass is 502 g/mol. The Hall–Kier alpha value is -2.92. The first-order valence-corrected chi connectivity index (χ1v) is 9.56. The molecule has 4 rings (SSSR count). The Kier molecular flexibility index (Phi) is 7.09. The predicted molar refractivity (Wildman–Crippen MR) is 112 cm³/mol. The Morgan fingerprint density at radius 3 is 2.21 bits per heavy atom. The number of hydrogen-bond donors (Lipinski definition) is 1. The van der Waals surface area contributed by atoms with Gasteiger partial charge in [-0.15, -0.1) is 0 Å². The zero-order valence-corrected chi connectivity index (χ0v) is 20.0. The van der Waals surface area contributed by atoms with Gasteiger partial charge in [0.2, 0.25) is 0 Å². The predicted octanol–water partition coefficient (Wildman–Crippen LogP) is 2.11. The van der Waals surface area contributed by atoms with Crippen LogP contribution < -0.4 is 35.2 Å². The Bertz CT molecular complexity index is 1520. The quantitative estimate of drug-likeness (QED) is 0.344. The second-order valence-corrected chi connectivity index (χ2v) is 7.29. The third-order valence-electron chi connectivity index (χ3n) is 4.92. The number of carboxylic acid groups (broad SMARTS) is 1. The van der Waals surface area contributed by atoms with Gasteiger partial charge in [0.05, 0.1) is 38.4 Å². The summed E-state index contributed by atoms with van der Waals surface area (Å²) in [6.45, 7) is 0. The van der Waals surface area contributed by atoms with Crippen LogP contribution in [0.5, 0.6) is 0 Å². The Morgan fingerprint density at radius 2 is 1.62 bits per heavy atom. The summed E-state index contributed by atoms with van der Waals surface area (Å²) in [5, 5.41) is 8.51. The van der Waals surface area contributed by atoms with E-state index < -0.39 is 45.7 Å². The summed E-state index contributed by atoms with van der Waals surface area (Å²) >= 11 is 5.92. The summed E-state index contributed by atoms with van der Waals surface area (Å²) in [6.07, 6.45) is -4.93. The fourth-order valence-electron chi connectivity index (χ4n) is 3.49. The number of carboxylic acids is 1. The molecule has 4 aromatic rings. The Labute approximate surface area is 216 Å². The molecule has 0 unspecified atom stereocenters. The standard InChI is InChI=1S/C22H11ClF4N2O4.Na.H/c23-13-5-3-4-12(22(25,26)27)18(13)19(30)29-17-7-2-1-6-16(17)28(21(29)33)15-9-8-11(20(31)32)10-14(15)24;;/h1-10H,(H,31,32);;/q;+1;-1. The van der Waals surface area contributed by atoms with E-state index in [0.29, 0.717) is 16.7 Å². The maximum absolute atomic E-state index is 14.7. The molecule has 3 aromatic carbocycles. The zero-order chi connectivity index (χ0) is 24.1. The number of imidazole rings is 1. The molecule has 1 N–H and O–H groups in total. The van der Waals surface area contributed by atoms with Gasteiger partial charge < -0.3 is 6.53 Å². The van der Waals surface area contributed by atoms with E-state index in [-0.39, 0.29) is 53.3 Å². The van der Waals surface area contributed by atoms with E-state index in [4.69, 9.17) is 16.7 Å². The smallest absolute Gasteiger partial charge is 1.00 e. The molecule has 0 saturated carbocycles. The number of fused-ring (bicyclic) bond motifs is 1. The van der Waals surface area contributed by atoms with E-state index in [1.807, 2.05) is 0 Å².